The lowest BCUT2D eigenvalue weighted by Gasteiger charge is -1.93. The molecule has 0 nitrogen and oxygen atoms in total. The highest BCUT2D eigenvalue weighted by Crippen LogP contribution is 2.42. The van der Waals surface area contributed by atoms with Gasteiger partial charge < -0.3 is 0 Å². The summed E-state index contributed by atoms with van der Waals surface area (Å²) in [6.07, 6.45) is 0. The molecule has 17 heavy (non-hydrogen) atoms. The molecule has 0 N–H and O–H groups in total. The number of hydrogen-bond acceptors (Lipinski definition) is 3. The quantitative estimate of drug-likeness (QED) is 0.553. The first-order chi connectivity index (χ1) is 8.25. The van der Waals surface area contributed by atoms with Gasteiger partial charge in [-0.15, -0.1) is 34.0 Å². The van der Waals surface area contributed by atoms with E-state index in [1.165, 1.54) is 30.6 Å². The zero-order chi connectivity index (χ0) is 11.8. The van der Waals surface area contributed by atoms with Crippen LogP contribution in [0.5, 0.6) is 0 Å². The smallest absolute Gasteiger partial charge is 0.0478 e. The zero-order valence-corrected chi connectivity index (χ0v) is 12.1. The van der Waals surface area contributed by atoms with E-state index in [0.717, 1.165) is 0 Å². The van der Waals surface area contributed by atoms with Crippen LogP contribution >= 0.6 is 34.0 Å². The summed E-state index contributed by atoms with van der Waals surface area (Å²) in [5, 5.41) is 4.31. The van der Waals surface area contributed by atoms with E-state index in [0.29, 0.717) is 0 Å². The van der Waals surface area contributed by atoms with Gasteiger partial charge in [0.05, 0.1) is 0 Å². The highest BCUT2D eigenvalue weighted by atomic mass is 32.1. The lowest BCUT2D eigenvalue weighted by molar-refractivity contribution is 1.53. The third kappa shape index (κ3) is 1.99. The van der Waals surface area contributed by atoms with Crippen LogP contribution in [-0.4, -0.2) is 0 Å². The van der Waals surface area contributed by atoms with E-state index in [4.69, 9.17) is 0 Å². The van der Waals surface area contributed by atoms with Gasteiger partial charge in [0.1, 0.15) is 0 Å². The van der Waals surface area contributed by atoms with E-state index in [1.807, 2.05) is 34.0 Å². The second-order valence-corrected chi connectivity index (χ2v) is 6.95. The molecule has 0 bridgehead atoms. The molecule has 0 aliphatic carbocycles. The van der Waals surface area contributed by atoms with Crippen molar-refractivity contribution in [3.63, 3.8) is 0 Å². The van der Waals surface area contributed by atoms with Crippen LogP contribution in [0.2, 0.25) is 0 Å². The Labute approximate surface area is 113 Å². The molecular weight excluding hydrogens is 264 g/mol. The van der Waals surface area contributed by atoms with E-state index in [9.17, 15) is 0 Å². The lowest BCUT2D eigenvalue weighted by Crippen LogP contribution is -1.68. The zero-order valence-electron chi connectivity index (χ0n) is 9.69. The molecule has 0 aromatic carbocycles. The molecule has 0 radical (unpaired) electrons. The summed E-state index contributed by atoms with van der Waals surface area (Å²) in [5.41, 5.74) is 2.77. The van der Waals surface area contributed by atoms with Crippen molar-refractivity contribution in [2.75, 3.05) is 0 Å². The van der Waals surface area contributed by atoms with E-state index in [2.05, 4.69) is 48.9 Å². The highest BCUT2D eigenvalue weighted by Gasteiger charge is 2.12. The Bertz CT molecular complexity index is 626. The van der Waals surface area contributed by atoms with Gasteiger partial charge in [-0.05, 0) is 53.9 Å². The minimum Gasteiger partial charge on any atom is -0.143 e. The third-order valence-electron chi connectivity index (χ3n) is 2.75. The number of aryl methyl sites for hydroxylation is 2. The fourth-order valence-electron chi connectivity index (χ4n) is 1.87. The van der Waals surface area contributed by atoms with Crippen LogP contribution in [0, 0.1) is 13.8 Å². The summed E-state index contributed by atoms with van der Waals surface area (Å²) in [4.78, 5) is 5.62. The van der Waals surface area contributed by atoms with Crippen molar-refractivity contribution in [3.8, 4) is 19.5 Å². The Morgan fingerprint density at radius 3 is 2.35 bits per heavy atom. The summed E-state index contributed by atoms with van der Waals surface area (Å²) in [5.74, 6) is 0. The van der Waals surface area contributed by atoms with Gasteiger partial charge in [-0.25, -0.2) is 0 Å². The third-order valence-corrected chi connectivity index (χ3v) is 6.23. The molecular formula is C14H12S3. The summed E-state index contributed by atoms with van der Waals surface area (Å²) >= 11 is 5.56. The number of hydrogen-bond donors (Lipinski definition) is 0. The van der Waals surface area contributed by atoms with Gasteiger partial charge in [0, 0.05) is 19.5 Å². The number of thiophene rings is 3. The Balaban J connectivity index is 2.11. The first-order valence-corrected chi connectivity index (χ1v) is 8.02. The second-order valence-electron chi connectivity index (χ2n) is 4.03. The molecule has 86 valence electrons. The van der Waals surface area contributed by atoms with Crippen LogP contribution in [0.25, 0.3) is 19.5 Å². The van der Waals surface area contributed by atoms with E-state index >= 15 is 0 Å². The molecule has 0 spiro atoms. The van der Waals surface area contributed by atoms with Crippen molar-refractivity contribution in [1.82, 2.24) is 0 Å². The van der Waals surface area contributed by atoms with Crippen molar-refractivity contribution in [1.29, 1.82) is 0 Å². The molecule has 0 saturated carbocycles. The van der Waals surface area contributed by atoms with Gasteiger partial charge in [-0.3, -0.25) is 0 Å². The predicted octanol–water partition coefficient (Wildman–Crippen LogP) is 5.82. The van der Waals surface area contributed by atoms with Gasteiger partial charge in [-0.2, -0.15) is 0 Å². The maximum absolute atomic E-state index is 2.32. The van der Waals surface area contributed by atoms with Gasteiger partial charge >= 0.3 is 0 Å². The molecule has 0 atom stereocenters. The largest absolute Gasteiger partial charge is 0.143 e. The minimum atomic E-state index is 1.38. The van der Waals surface area contributed by atoms with Gasteiger partial charge in [-0.1, -0.05) is 6.07 Å². The van der Waals surface area contributed by atoms with Crippen molar-refractivity contribution in [2.24, 2.45) is 0 Å². The van der Waals surface area contributed by atoms with Crippen molar-refractivity contribution >= 4 is 34.0 Å². The molecule has 3 rings (SSSR count). The summed E-state index contributed by atoms with van der Waals surface area (Å²) in [7, 11) is 0. The number of rotatable bonds is 2. The Morgan fingerprint density at radius 2 is 1.71 bits per heavy atom. The lowest BCUT2D eigenvalue weighted by atomic mass is 10.2. The molecule has 0 unspecified atom stereocenters. The van der Waals surface area contributed by atoms with Crippen LogP contribution < -0.4 is 0 Å². The van der Waals surface area contributed by atoms with Crippen molar-refractivity contribution in [3.05, 3.63) is 46.2 Å². The molecule has 3 heterocycles. The molecule has 0 saturated heterocycles. The molecule has 0 amide bonds. The van der Waals surface area contributed by atoms with Gasteiger partial charge in [0.2, 0.25) is 0 Å². The van der Waals surface area contributed by atoms with Crippen LogP contribution in [0.15, 0.2) is 35.0 Å². The fourth-order valence-corrected chi connectivity index (χ4v) is 5.07. The van der Waals surface area contributed by atoms with E-state index in [1.54, 1.807) is 0 Å². The summed E-state index contributed by atoms with van der Waals surface area (Å²) in [6.45, 7) is 4.39. The monoisotopic (exact) mass is 276 g/mol. The van der Waals surface area contributed by atoms with Gasteiger partial charge in [0.15, 0.2) is 0 Å². The van der Waals surface area contributed by atoms with Crippen molar-refractivity contribution in [2.45, 2.75) is 13.8 Å². The SMILES string of the molecule is Cc1ccsc1-c1cc(C)c(-c2cccs2)s1. The van der Waals surface area contributed by atoms with E-state index in [-0.39, 0.29) is 0 Å². The Kier molecular flexibility index (Phi) is 2.90. The van der Waals surface area contributed by atoms with E-state index < -0.39 is 0 Å². The molecule has 0 aliphatic heterocycles. The predicted molar refractivity (Wildman–Crippen MR) is 80.4 cm³/mol. The topological polar surface area (TPSA) is 0 Å². The molecule has 3 aromatic rings. The maximum Gasteiger partial charge on any atom is 0.0478 e. The average molecular weight is 276 g/mol. The average Bonchev–Trinajstić information content (AvgIpc) is 2.97. The second kappa shape index (κ2) is 4.41. The first kappa shape index (κ1) is 11.2. The standard InChI is InChI=1S/C14H12S3/c1-9-5-7-16-13(9)12-8-10(2)14(17-12)11-4-3-6-15-11/h3-8H,1-2H3. The minimum absolute atomic E-state index is 1.38. The van der Waals surface area contributed by atoms with Crippen LogP contribution in [0.4, 0.5) is 0 Å². The molecule has 3 aromatic heterocycles. The van der Waals surface area contributed by atoms with Crippen LogP contribution in [-0.2, 0) is 0 Å². The Hall–Kier alpha value is -0.900. The van der Waals surface area contributed by atoms with Crippen molar-refractivity contribution < 1.29 is 0 Å². The highest BCUT2D eigenvalue weighted by molar-refractivity contribution is 7.26. The summed E-state index contributed by atoms with van der Waals surface area (Å²) in [6, 6.07) is 8.84. The fraction of sp³-hybridized carbons (Fsp3) is 0.143. The normalized spacial score (nSPS) is 10.9. The van der Waals surface area contributed by atoms with Gasteiger partial charge in [0.25, 0.3) is 0 Å². The van der Waals surface area contributed by atoms with Crippen LogP contribution in [0.3, 0.4) is 0 Å². The maximum atomic E-state index is 2.32. The molecule has 0 fully saturated rings. The Morgan fingerprint density at radius 1 is 0.824 bits per heavy atom. The van der Waals surface area contributed by atoms with Crippen LogP contribution in [0.1, 0.15) is 11.1 Å². The molecule has 0 aliphatic rings. The first-order valence-electron chi connectivity index (χ1n) is 5.44. The summed E-state index contributed by atoms with van der Waals surface area (Å²) < 4.78 is 0. The molecule has 3 heteroatoms.